The summed E-state index contributed by atoms with van der Waals surface area (Å²) in [5.41, 5.74) is 2.48. The molecule has 1 aliphatic rings. The lowest BCUT2D eigenvalue weighted by atomic mass is 9.77. The van der Waals surface area contributed by atoms with Gasteiger partial charge in [-0.05, 0) is 48.4 Å². The van der Waals surface area contributed by atoms with Gasteiger partial charge in [-0.25, -0.2) is 4.39 Å². The predicted octanol–water partition coefficient (Wildman–Crippen LogP) is 4.43. The first kappa shape index (κ1) is 12.2. The van der Waals surface area contributed by atoms with Crippen molar-refractivity contribution >= 4 is 5.57 Å². The maximum atomic E-state index is 13.3. The van der Waals surface area contributed by atoms with Crippen LogP contribution in [0, 0.1) is 11.2 Å². The number of methoxy groups -OCH3 is 1. The fraction of sp³-hybridized carbons (Fsp3) is 0.467. The Morgan fingerprint density at radius 2 is 2.06 bits per heavy atom. The SMILES string of the molecule is COc1ccc(F)cc1C1=CCC(C)(C)CC1. The second-order valence-electron chi connectivity index (χ2n) is 5.44. The summed E-state index contributed by atoms with van der Waals surface area (Å²) in [6.45, 7) is 4.53. The van der Waals surface area contributed by atoms with E-state index in [0.29, 0.717) is 5.41 Å². The van der Waals surface area contributed by atoms with Crippen LogP contribution in [0.4, 0.5) is 4.39 Å². The number of ether oxygens (including phenoxy) is 1. The standard InChI is InChI=1S/C15H19FO/c1-15(2)8-6-11(7-9-15)13-10-12(16)4-5-14(13)17-3/h4-6,10H,7-9H2,1-3H3. The van der Waals surface area contributed by atoms with Crippen molar-refractivity contribution < 1.29 is 9.13 Å². The molecule has 0 bridgehead atoms. The van der Waals surface area contributed by atoms with Crippen LogP contribution < -0.4 is 4.74 Å². The van der Waals surface area contributed by atoms with Gasteiger partial charge in [0.2, 0.25) is 0 Å². The van der Waals surface area contributed by atoms with Gasteiger partial charge in [0, 0.05) is 5.56 Å². The Kier molecular flexibility index (Phi) is 3.23. The molecule has 0 N–H and O–H groups in total. The molecule has 17 heavy (non-hydrogen) atoms. The molecular formula is C15H19FO. The van der Waals surface area contributed by atoms with Gasteiger partial charge in [0.05, 0.1) is 7.11 Å². The second-order valence-corrected chi connectivity index (χ2v) is 5.44. The van der Waals surface area contributed by atoms with Crippen molar-refractivity contribution in [1.29, 1.82) is 0 Å². The molecule has 1 aromatic carbocycles. The maximum absolute atomic E-state index is 13.3. The van der Waals surface area contributed by atoms with Crippen molar-refractivity contribution in [3.05, 3.63) is 35.7 Å². The molecule has 0 heterocycles. The van der Waals surface area contributed by atoms with Gasteiger partial charge in [-0.15, -0.1) is 0 Å². The Morgan fingerprint density at radius 3 is 2.65 bits per heavy atom. The first-order chi connectivity index (χ1) is 8.02. The van der Waals surface area contributed by atoms with E-state index in [1.54, 1.807) is 19.2 Å². The molecule has 0 aliphatic heterocycles. The van der Waals surface area contributed by atoms with E-state index < -0.39 is 0 Å². The van der Waals surface area contributed by atoms with E-state index in [1.807, 2.05) is 0 Å². The van der Waals surface area contributed by atoms with Crippen molar-refractivity contribution in [3.8, 4) is 5.75 Å². The van der Waals surface area contributed by atoms with Crippen LogP contribution in [0.15, 0.2) is 24.3 Å². The summed E-state index contributed by atoms with van der Waals surface area (Å²) >= 11 is 0. The summed E-state index contributed by atoms with van der Waals surface area (Å²) in [4.78, 5) is 0. The van der Waals surface area contributed by atoms with E-state index in [-0.39, 0.29) is 5.82 Å². The minimum atomic E-state index is -0.202. The molecule has 0 atom stereocenters. The molecule has 1 aliphatic carbocycles. The van der Waals surface area contributed by atoms with Gasteiger partial charge < -0.3 is 4.74 Å². The summed E-state index contributed by atoms with van der Waals surface area (Å²) in [6.07, 6.45) is 5.40. The summed E-state index contributed by atoms with van der Waals surface area (Å²) in [7, 11) is 1.63. The van der Waals surface area contributed by atoms with E-state index >= 15 is 0 Å². The lowest BCUT2D eigenvalue weighted by Crippen LogP contribution is -2.14. The number of hydrogen-bond acceptors (Lipinski definition) is 1. The van der Waals surface area contributed by atoms with Gasteiger partial charge in [-0.3, -0.25) is 0 Å². The van der Waals surface area contributed by atoms with Gasteiger partial charge in [0.25, 0.3) is 0 Å². The average Bonchev–Trinajstić information content (AvgIpc) is 2.29. The minimum absolute atomic E-state index is 0.202. The monoisotopic (exact) mass is 234 g/mol. The summed E-state index contributed by atoms with van der Waals surface area (Å²) in [5, 5.41) is 0. The molecule has 0 amide bonds. The number of halogens is 1. The Balaban J connectivity index is 2.34. The van der Waals surface area contributed by atoms with Crippen molar-refractivity contribution in [2.75, 3.05) is 7.11 Å². The normalized spacial score (nSPS) is 18.7. The molecule has 92 valence electrons. The molecule has 1 aromatic rings. The molecule has 2 rings (SSSR count). The summed E-state index contributed by atoms with van der Waals surface area (Å²) in [6, 6.07) is 4.71. The van der Waals surface area contributed by atoms with Crippen molar-refractivity contribution in [3.63, 3.8) is 0 Å². The highest BCUT2D eigenvalue weighted by Gasteiger charge is 2.23. The van der Waals surface area contributed by atoms with E-state index in [2.05, 4.69) is 19.9 Å². The maximum Gasteiger partial charge on any atom is 0.126 e. The third-order valence-electron chi connectivity index (χ3n) is 3.48. The van der Waals surface area contributed by atoms with Crippen LogP contribution in [0.3, 0.4) is 0 Å². The largest absolute Gasteiger partial charge is 0.496 e. The van der Waals surface area contributed by atoms with Gasteiger partial charge >= 0.3 is 0 Å². The fourth-order valence-electron chi connectivity index (χ4n) is 2.25. The molecule has 0 spiro atoms. The predicted molar refractivity (Wildman–Crippen MR) is 68.6 cm³/mol. The Hall–Kier alpha value is -1.31. The Labute approximate surface area is 102 Å². The third-order valence-corrected chi connectivity index (χ3v) is 3.48. The molecule has 0 aromatic heterocycles. The van der Waals surface area contributed by atoms with E-state index in [9.17, 15) is 4.39 Å². The first-order valence-corrected chi connectivity index (χ1v) is 6.05. The second kappa shape index (κ2) is 4.52. The third kappa shape index (κ3) is 2.68. The quantitative estimate of drug-likeness (QED) is 0.735. The molecule has 2 heteroatoms. The smallest absolute Gasteiger partial charge is 0.126 e. The highest BCUT2D eigenvalue weighted by atomic mass is 19.1. The van der Waals surface area contributed by atoms with Gasteiger partial charge in [-0.2, -0.15) is 0 Å². The van der Waals surface area contributed by atoms with Crippen molar-refractivity contribution in [1.82, 2.24) is 0 Å². The van der Waals surface area contributed by atoms with Crippen molar-refractivity contribution in [2.45, 2.75) is 33.1 Å². The zero-order chi connectivity index (χ0) is 12.5. The lowest BCUT2D eigenvalue weighted by molar-refractivity contribution is 0.334. The topological polar surface area (TPSA) is 9.23 Å². The molecule has 0 fully saturated rings. The van der Waals surface area contributed by atoms with Crippen LogP contribution in [-0.4, -0.2) is 7.11 Å². The molecular weight excluding hydrogens is 215 g/mol. The van der Waals surface area contributed by atoms with Gasteiger partial charge in [0.15, 0.2) is 0 Å². The van der Waals surface area contributed by atoms with Crippen LogP contribution in [0.5, 0.6) is 5.75 Å². The first-order valence-electron chi connectivity index (χ1n) is 6.05. The highest BCUT2D eigenvalue weighted by molar-refractivity contribution is 5.71. The molecule has 0 saturated carbocycles. The fourth-order valence-corrected chi connectivity index (χ4v) is 2.25. The minimum Gasteiger partial charge on any atom is -0.496 e. The van der Waals surface area contributed by atoms with Crippen LogP contribution in [-0.2, 0) is 0 Å². The average molecular weight is 234 g/mol. The van der Waals surface area contributed by atoms with E-state index in [4.69, 9.17) is 4.74 Å². The van der Waals surface area contributed by atoms with Crippen LogP contribution >= 0.6 is 0 Å². The molecule has 0 radical (unpaired) electrons. The molecule has 0 unspecified atom stereocenters. The molecule has 0 saturated heterocycles. The van der Waals surface area contributed by atoms with Crippen LogP contribution in [0.25, 0.3) is 5.57 Å². The van der Waals surface area contributed by atoms with Crippen LogP contribution in [0.2, 0.25) is 0 Å². The van der Waals surface area contributed by atoms with Gasteiger partial charge in [0.1, 0.15) is 11.6 Å². The van der Waals surface area contributed by atoms with Crippen LogP contribution in [0.1, 0.15) is 38.7 Å². The Morgan fingerprint density at radius 1 is 1.29 bits per heavy atom. The van der Waals surface area contributed by atoms with E-state index in [1.165, 1.54) is 11.6 Å². The van der Waals surface area contributed by atoms with E-state index in [0.717, 1.165) is 30.6 Å². The van der Waals surface area contributed by atoms with Gasteiger partial charge in [-0.1, -0.05) is 19.9 Å². The number of benzene rings is 1. The Bertz CT molecular complexity index is 446. The summed E-state index contributed by atoms with van der Waals surface area (Å²) < 4.78 is 18.6. The summed E-state index contributed by atoms with van der Waals surface area (Å²) in [5.74, 6) is 0.559. The lowest BCUT2D eigenvalue weighted by Gasteiger charge is -2.29. The number of rotatable bonds is 2. The zero-order valence-corrected chi connectivity index (χ0v) is 10.7. The highest BCUT2D eigenvalue weighted by Crippen LogP contribution is 2.40. The molecule has 1 nitrogen and oxygen atoms in total. The zero-order valence-electron chi connectivity index (χ0n) is 10.7. The number of allylic oxidation sites excluding steroid dienone is 2. The number of hydrogen-bond donors (Lipinski definition) is 0. The van der Waals surface area contributed by atoms with Crippen molar-refractivity contribution in [2.24, 2.45) is 5.41 Å².